The minimum atomic E-state index is -0.572. The fraction of sp³-hybridized carbons (Fsp3) is 0.208. The second-order valence-corrected chi connectivity index (χ2v) is 6.72. The molecule has 1 aliphatic rings. The molecule has 1 heterocycles. The van der Waals surface area contributed by atoms with Crippen molar-refractivity contribution >= 4 is 5.78 Å². The van der Waals surface area contributed by atoms with E-state index in [2.05, 4.69) is 0 Å². The van der Waals surface area contributed by atoms with Gasteiger partial charge in [0.1, 0.15) is 30.0 Å². The highest BCUT2D eigenvalue weighted by molar-refractivity contribution is 6.03. The Morgan fingerprint density at radius 3 is 2.41 bits per heavy atom. The Hall–Kier alpha value is -3.31. The van der Waals surface area contributed by atoms with Crippen molar-refractivity contribution in [2.75, 3.05) is 14.2 Å². The molecule has 3 aromatic rings. The first-order valence-corrected chi connectivity index (χ1v) is 9.38. The Bertz CT molecular complexity index is 999. The van der Waals surface area contributed by atoms with Crippen LogP contribution in [-0.4, -0.2) is 26.1 Å². The minimum absolute atomic E-state index is 0.108. The molecule has 148 valence electrons. The van der Waals surface area contributed by atoms with Gasteiger partial charge in [-0.3, -0.25) is 4.79 Å². The van der Waals surface area contributed by atoms with Gasteiger partial charge in [0.05, 0.1) is 19.8 Å². The van der Waals surface area contributed by atoms with E-state index >= 15 is 0 Å². The highest BCUT2D eigenvalue weighted by Crippen LogP contribution is 2.46. The monoisotopic (exact) mass is 390 g/mol. The molecule has 0 aromatic heterocycles. The summed E-state index contributed by atoms with van der Waals surface area (Å²) in [5, 5.41) is 0. The van der Waals surface area contributed by atoms with Gasteiger partial charge in [0.25, 0.3) is 0 Å². The van der Waals surface area contributed by atoms with Crippen LogP contribution < -0.4 is 14.2 Å². The number of ketones is 1. The zero-order chi connectivity index (χ0) is 20.2. The number of epoxide rings is 1. The molecule has 1 aliphatic heterocycles. The number of carbonyl (C=O) groups is 1. The van der Waals surface area contributed by atoms with E-state index in [1.165, 1.54) is 0 Å². The maximum Gasteiger partial charge on any atom is 0.198 e. The van der Waals surface area contributed by atoms with Crippen LogP contribution in [-0.2, 0) is 11.3 Å². The van der Waals surface area contributed by atoms with Crippen LogP contribution in [0.15, 0.2) is 72.8 Å². The Balaban J connectivity index is 1.52. The van der Waals surface area contributed by atoms with Crippen LogP contribution in [0.2, 0.25) is 0 Å². The third-order valence-electron chi connectivity index (χ3n) is 4.88. The average molecular weight is 390 g/mol. The van der Waals surface area contributed by atoms with Crippen molar-refractivity contribution in [3.05, 3.63) is 89.5 Å². The predicted molar refractivity (Wildman–Crippen MR) is 109 cm³/mol. The lowest BCUT2D eigenvalue weighted by Gasteiger charge is -2.11. The van der Waals surface area contributed by atoms with E-state index in [1.54, 1.807) is 26.4 Å². The first kappa shape index (κ1) is 19.0. The second kappa shape index (κ2) is 8.37. The Morgan fingerprint density at radius 1 is 0.897 bits per heavy atom. The number of benzene rings is 3. The van der Waals surface area contributed by atoms with Gasteiger partial charge in [-0.15, -0.1) is 0 Å². The summed E-state index contributed by atoms with van der Waals surface area (Å²) < 4.78 is 22.4. The highest BCUT2D eigenvalue weighted by atomic mass is 16.6. The molecule has 29 heavy (non-hydrogen) atoms. The minimum Gasteiger partial charge on any atom is -0.497 e. The Morgan fingerprint density at radius 2 is 1.66 bits per heavy atom. The van der Waals surface area contributed by atoms with Crippen LogP contribution in [0.5, 0.6) is 17.2 Å². The summed E-state index contributed by atoms with van der Waals surface area (Å²) in [5.41, 5.74) is 2.35. The molecule has 0 saturated carbocycles. The molecule has 0 amide bonds. The van der Waals surface area contributed by atoms with Crippen molar-refractivity contribution in [1.82, 2.24) is 0 Å². The summed E-state index contributed by atoms with van der Waals surface area (Å²) in [7, 11) is 3.19. The molecule has 1 saturated heterocycles. The van der Waals surface area contributed by atoms with Crippen LogP contribution in [0.25, 0.3) is 0 Å². The van der Waals surface area contributed by atoms with Gasteiger partial charge in [-0.25, -0.2) is 0 Å². The first-order valence-electron chi connectivity index (χ1n) is 9.38. The van der Waals surface area contributed by atoms with Gasteiger partial charge >= 0.3 is 0 Å². The summed E-state index contributed by atoms with van der Waals surface area (Å²) >= 11 is 0. The third-order valence-corrected chi connectivity index (χ3v) is 4.88. The molecule has 3 aromatic carbocycles. The topological polar surface area (TPSA) is 57.3 Å². The number of ether oxygens (including phenoxy) is 4. The fourth-order valence-electron chi connectivity index (χ4n) is 3.29. The van der Waals surface area contributed by atoms with Crippen molar-refractivity contribution in [2.45, 2.75) is 18.8 Å². The molecule has 0 radical (unpaired) electrons. The molecule has 2 atom stereocenters. The largest absolute Gasteiger partial charge is 0.497 e. The molecule has 5 nitrogen and oxygen atoms in total. The smallest absolute Gasteiger partial charge is 0.198 e. The molecule has 1 fully saturated rings. The molecule has 0 N–H and O–H groups in total. The van der Waals surface area contributed by atoms with Crippen molar-refractivity contribution < 1.29 is 23.7 Å². The van der Waals surface area contributed by atoms with Gasteiger partial charge in [-0.1, -0.05) is 42.5 Å². The Labute approximate surface area is 169 Å². The van der Waals surface area contributed by atoms with E-state index in [0.717, 1.165) is 11.1 Å². The number of para-hydroxylation sites is 1. The molecular formula is C24H22O5. The average Bonchev–Trinajstić information content (AvgIpc) is 3.58. The van der Waals surface area contributed by atoms with Gasteiger partial charge < -0.3 is 18.9 Å². The van der Waals surface area contributed by atoms with Crippen LogP contribution in [0.1, 0.15) is 27.6 Å². The van der Waals surface area contributed by atoms with E-state index in [-0.39, 0.29) is 11.9 Å². The summed E-state index contributed by atoms with van der Waals surface area (Å²) in [6.45, 7) is 0.393. The third kappa shape index (κ3) is 4.10. The number of methoxy groups -OCH3 is 2. The predicted octanol–water partition coefficient (Wildman–Crippen LogP) is 4.61. The van der Waals surface area contributed by atoms with Gasteiger partial charge in [0, 0.05) is 5.56 Å². The van der Waals surface area contributed by atoms with E-state index in [1.807, 2.05) is 60.7 Å². The normalized spacial score (nSPS) is 17.4. The molecule has 0 aliphatic carbocycles. The SMILES string of the molecule is COc1ccc(OC)c([C@@H]2O[C@H]2C(=O)c2ccccc2OCc2ccccc2)c1. The van der Waals surface area contributed by atoms with Crippen LogP contribution in [0, 0.1) is 0 Å². The fourth-order valence-corrected chi connectivity index (χ4v) is 3.29. The lowest BCUT2D eigenvalue weighted by atomic mass is 10.0. The maximum absolute atomic E-state index is 13.1. The van der Waals surface area contributed by atoms with Crippen molar-refractivity contribution in [3.63, 3.8) is 0 Å². The molecule has 0 bridgehead atoms. The van der Waals surface area contributed by atoms with E-state index < -0.39 is 6.10 Å². The van der Waals surface area contributed by atoms with Gasteiger partial charge in [-0.2, -0.15) is 0 Å². The Kier molecular flexibility index (Phi) is 5.49. The van der Waals surface area contributed by atoms with Crippen molar-refractivity contribution in [2.24, 2.45) is 0 Å². The van der Waals surface area contributed by atoms with Gasteiger partial charge in [0.2, 0.25) is 0 Å². The van der Waals surface area contributed by atoms with Crippen molar-refractivity contribution in [3.8, 4) is 17.2 Å². The number of rotatable bonds is 8. The van der Waals surface area contributed by atoms with Crippen LogP contribution in [0.3, 0.4) is 0 Å². The molecular weight excluding hydrogens is 368 g/mol. The quantitative estimate of drug-likeness (QED) is 0.415. The van der Waals surface area contributed by atoms with Crippen LogP contribution in [0.4, 0.5) is 0 Å². The standard InChI is InChI=1S/C24H22O5/c1-26-17-12-13-20(27-2)19(14-17)23-24(29-23)22(25)18-10-6-7-11-21(18)28-15-16-8-4-3-5-9-16/h3-14,23-24H,15H2,1-2H3/t23-,24-/m0/s1. The van der Waals surface area contributed by atoms with Crippen LogP contribution >= 0.6 is 0 Å². The zero-order valence-corrected chi connectivity index (χ0v) is 16.3. The number of hydrogen-bond donors (Lipinski definition) is 0. The van der Waals surface area contributed by atoms with E-state index in [4.69, 9.17) is 18.9 Å². The summed E-state index contributed by atoms with van der Waals surface area (Å²) in [6.07, 6.45) is -0.938. The molecule has 0 unspecified atom stereocenters. The number of hydrogen-bond acceptors (Lipinski definition) is 5. The highest BCUT2D eigenvalue weighted by Gasteiger charge is 2.48. The van der Waals surface area contributed by atoms with E-state index in [0.29, 0.717) is 29.4 Å². The lowest BCUT2D eigenvalue weighted by Crippen LogP contribution is -2.11. The molecule has 5 heteroatoms. The number of Topliss-reactive ketones (excluding diaryl/α,β-unsaturated/α-hetero) is 1. The van der Waals surface area contributed by atoms with Gasteiger partial charge in [-0.05, 0) is 35.9 Å². The first-order chi connectivity index (χ1) is 14.2. The maximum atomic E-state index is 13.1. The lowest BCUT2D eigenvalue weighted by molar-refractivity contribution is 0.0949. The van der Waals surface area contributed by atoms with E-state index in [9.17, 15) is 4.79 Å². The summed E-state index contributed by atoms with van der Waals surface area (Å²) in [6, 6.07) is 22.6. The van der Waals surface area contributed by atoms with Gasteiger partial charge in [0.15, 0.2) is 11.9 Å². The summed E-state index contributed by atoms with van der Waals surface area (Å²) in [4.78, 5) is 13.1. The van der Waals surface area contributed by atoms with Crippen molar-refractivity contribution in [1.29, 1.82) is 0 Å². The summed E-state index contributed by atoms with van der Waals surface area (Å²) in [5.74, 6) is 1.80. The zero-order valence-electron chi connectivity index (χ0n) is 16.3. The molecule has 0 spiro atoms. The molecule has 4 rings (SSSR count). The second-order valence-electron chi connectivity index (χ2n) is 6.72. The number of carbonyl (C=O) groups excluding carboxylic acids is 1.